The van der Waals surface area contributed by atoms with E-state index in [-0.39, 0.29) is 17.2 Å². The number of hydrogen-bond donors (Lipinski definition) is 1. The normalized spacial score (nSPS) is 11.2. The summed E-state index contributed by atoms with van der Waals surface area (Å²) in [6, 6.07) is 14.8. The van der Waals surface area contributed by atoms with Crippen molar-refractivity contribution in [1.82, 2.24) is 9.55 Å². The van der Waals surface area contributed by atoms with Crippen LogP contribution in [-0.4, -0.2) is 21.2 Å². The quantitative estimate of drug-likeness (QED) is 0.237. The van der Waals surface area contributed by atoms with E-state index in [0.717, 1.165) is 34.5 Å². The molecule has 2 aromatic heterocycles. The van der Waals surface area contributed by atoms with Gasteiger partial charge in [0.2, 0.25) is 5.91 Å². The molecule has 0 aliphatic carbocycles. The Morgan fingerprint density at radius 3 is 2.64 bits per heavy atom. The highest BCUT2D eigenvalue weighted by molar-refractivity contribution is 7.99. The number of rotatable bonds is 7. The predicted octanol–water partition coefficient (Wildman–Crippen LogP) is 6.40. The smallest absolute Gasteiger partial charge is 0.267 e. The second-order valence-electron chi connectivity index (χ2n) is 7.75. The van der Waals surface area contributed by atoms with Crippen molar-refractivity contribution in [1.29, 1.82) is 0 Å². The summed E-state index contributed by atoms with van der Waals surface area (Å²) >= 11 is 8.98. The van der Waals surface area contributed by atoms with E-state index in [4.69, 9.17) is 16.6 Å². The topological polar surface area (TPSA) is 64.0 Å². The van der Waals surface area contributed by atoms with Gasteiger partial charge in [-0.2, -0.15) is 0 Å². The summed E-state index contributed by atoms with van der Waals surface area (Å²) in [6.45, 7) is 6.03. The fraction of sp³-hybridized carbons (Fsp3) is 0.240. The Morgan fingerprint density at radius 2 is 1.94 bits per heavy atom. The molecule has 1 N–H and O–H groups in total. The van der Waals surface area contributed by atoms with Gasteiger partial charge in [-0.05, 0) is 55.7 Å². The van der Waals surface area contributed by atoms with Crippen LogP contribution in [0.5, 0.6) is 0 Å². The Bertz CT molecular complexity index is 1380. The summed E-state index contributed by atoms with van der Waals surface area (Å²) in [4.78, 5) is 33.0. The summed E-state index contributed by atoms with van der Waals surface area (Å²) in [6.07, 6.45) is 1.92. The molecule has 0 radical (unpaired) electrons. The van der Waals surface area contributed by atoms with E-state index in [1.165, 1.54) is 16.6 Å². The average molecular weight is 498 g/mol. The molecular weight excluding hydrogens is 474 g/mol. The lowest BCUT2D eigenvalue weighted by molar-refractivity contribution is -0.113. The number of aryl methyl sites for hydroxylation is 3. The van der Waals surface area contributed by atoms with Gasteiger partial charge in [0.1, 0.15) is 4.83 Å². The standard InChI is InChI=1S/C25H24ClN3O2S2/c1-4-8-20-16(3)22-23(33-20)28-25(29(24(22)31)18-9-6-5-7-10-18)32-14-21(30)27-17-12-11-15(2)19(26)13-17/h5-7,9-13H,4,8,14H2,1-3H3,(H,27,30). The Balaban J connectivity index is 1.69. The van der Waals surface area contributed by atoms with Crippen LogP contribution >= 0.6 is 34.7 Å². The van der Waals surface area contributed by atoms with Crippen LogP contribution in [0.25, 0.3) is 15.9 Å². The van der Waals surface area contributed by atoms with Crippen molar-refractivity contribution < 1.29 is 4.79 Å². The fourth-order valence-electron chi connectivity index (χ4n) is 3.58. The monoisotopic (exact) mass is 497 g/mol. The summed E-state index contributed by atoms with van der Waals surface area (Å²) in [5.41, 5.74) is 3.22. The fourth-order valence-corrected chi connectivity index (χ4v) is 5.89. The lowest BCUT2D eigenvalue weighted by Crippen LogP contribution is -2.22. The van der Waals surface area contributed by atoms with Gasteiger partial charge in [-0.15, -0.1) is 11.3 Å². The molecule has 0 fully saturated rings. The Hall–Kier alpha value is -2.61. The molecule has 0 aliphatic rings. The van der Waals surface area contributed by atoms with Gasteiger partial charge in [0.05, 0.1) is 16.8 Å². The van der Waals surface area contributed by atoms with Gasteiger partial charge in [-0.3, -0.25) is 14.2 Å². The van der Waals surface area contributed by atoms with Crippen molar-refractivity contribution in [3.63, 3.8) is 0 Å². The first-order chi connectivity index (χ1) is 15.9. The molecular formula is C25H24ClN3O2S2. The second kappa shape index (κ2) is 10.1. The molecule has 0 spiro atoms. The number of thioether (sulfide) groups is 1. The first-order valence-corrected chi connectivity index (χ1v) is 12.9. The Kier molecular flexibility index (Phi) is 7.22. The minimum absolute atomic E-state index is 0.101. The van der Waals surface area contributed by atoms with Crippen LogP contribution < -0.4 is 10.9 Å². The molecule has 33 heavy (non-hydrogen) atoms. The minimum atomic E-state index is -0.192. The van der Waals surface area contributed by atoms with Crippen molar-refractivity contribution in [3.8, 4) is 5.69 Å². The van der Waals surface area contributed by atoms with Gasteiger partial charge in [-0.25, -0.2) is 4.98 Å². The van der Waals surface area contributed by atoms with Gasteiger partial charge in [0.15, 0.2) is 5.16 Å². The third-order valence-electron chi connectivity index (χ3n) is 5.31. The van der Waals surface area contributed by atoms with Crippen molar-refractivity contribution in [2.45, 2.75) is 38.8 Å². The molecule has 5 nitrogen and oxygen atoms in total. The highest BCUT2D eigenvalue weighted by Crippen LogP contribution is 2.31. The number of amides is 1. The number of fused-ring (bicyclic) bond motifs is 1. The Morgan fingerprint density at radius 1 is 1.18 bits per heavy atom. The molecule has 0 bridgehead atoms. The molecule has 170 valence electrons. The number of para-hydroxylation sites is 1. The molecule has 4 aromatic rings. The minimum Gasteiger partial charge on any atom is -0.325 e. The van der Waals surface area contributed by atoms with Crippen molar-refractivity contribution in [2.75, 3.05) is 11.1 Å². The van der Waals surface area contributed by atoms with Crippen LogP contribution in [0.4, 0.5) is 5.69 Å². The van der Waals surface area contributed by atoms with Gasteiger partial charge in [-0.1, -0.05) is 61.0 Å². The first-order valence-electron chi connectivity index (χ1n) is 10.7. The number of carbonyl (C=O) groups is 1. The molecule has 0 saturated heterocycles. The highest BCUT2D eigenvalue weighted by atomic mass is 35.5. The summed E-state index contributed by atoms with van der Waals surface area (Å²) in [5.74, 6) is -0.0782. The van der Waals surface area contributed by atoms with Crippen LogP contribution in [0.3, 0.4) is 0 Å². The van der Waals surface area contributed by atoms with Crippen LogP contribution in [0, 0.1) is 13.8 Å². The van der Waals surface area contributed by atoms with Gasteiger partial charge >= 0.3 is 0 Å². The van der Waals surface area contributed by atoms with Crippen LogP contribution in [0.2, 0.25) is 5.02 Å². The van der Waals surface area contributed by atoms with E-state index < -0.39 is 0 Å². The van der Waals surface area contributed by atoms with E-state index in [1.54, 1.807) is 22.0 Å². The molecule has 2 aromatic carbocycles. The summed E-state index contributed by atoms with van der Waals surface area (Å²) in [7, 11) is 0. The third kappa shape index (κ3) is 5.00. The highest BCUT2D eigenvalue weighted by Gasteiger charge is 2.19. The van der Waals surface area contributed by atoms with Gasteiger partial charge in [0.25, 0.3) is 5.56 Å². The molecule has 8 heteroatoms. The SMILES string of the molecule is CCCc1sc2nc(SCC(=O)Nc3ccc(C)c(Cl)c3)n(-c3ccccc3)c(=O)c2c1C. The molecule has 0 unspecified atom stereocenters. The molecule has 4 rings (SSSR count). The molecule has 0 atom stereocenters. The Labute approximate surface area is 205 Å². The van der Waals surface area contributed by atoms with Gasteiger partial charge < -0.3 is 5.32 Å². The zero-order valence-corrected chi connectivity index (χ0v) is 21.0. The lowest BCUT2D eigenvalue weighted by atomic mass is 10.1. The number of anilines is 1. The summed E-state index contributed by atoms with van der Waals surface area (Å²) in [5, 5.41) is 4.63. The lowest BCUT2D eigenvalue weighted by Gasteiger charge is -2.12. The zero-order valence-electron chi connectivity index (χ0n) is 18.6. The van der Waals surface area contributed by atoms with E-state index in [1.807, 2.05) is 56.3 Å². The number of hydrogen-bond acceptors (Lipinski definition) is 5. The number of nitrogens with one attached hydrogen (secondary N) is 1. The number of nitrogens with zero attached hydrogens (tertiary/aromatic N) is 2. The van der Waals surface area contributed by atoms with E-state index in [0.29, 0.717) is 21.3 Å². The first kappa shape index (κ1) is 23.5. The average Bonchev–Trinajstić information content (AvgIpc) is 3.11. The number of carbonyl (C=O) groups excluding carboxylic acids is 1. The predicted molar refractivity (Wildman–Crippen MR) is 139 cm³/mol. The third-order valence-corrected chi connectivity index (χ3v) is 7.90. The summed E-state index contributed by atoms with van der Waals surface area (Å²) < 4.78 is 1.61. The number of benzene rings is 2. The maximum atomic E-state index is 13.6. The van der Waals surface area contributed by atoms with E-state index in [9.17, 15) is 9.59 Å². The molecule has 0 aliphatic heterocycles. The van der Waals surface area contributed by atoms with Crippen LogP contribution in [0.1, 0.15) is 29.3 Å². The number of thiophene rings is 1. The van der Waals surface area contributed by atoms with Gasteiger partial charge in [0, 0.05) is 15.6 Å². The van der Waals surface area contributed by atoms with E-state index >= 15 is 0 Å². The second-order valence-corrected chi connectivity index (χ2v) is 10.2. The van der Waals surface area contributed by atoms with Crippen LogP contribution in [0.15, 0.2) is 58.5 Å². The van der Waals surface area contributed by atoms with Crippen molar-refractivity contribution in [3.05, 3.63) is 79.9 Å². The number of aromatic nitrogens is 2. The number of halogens is 1. The van der Waals surface area contributed by atoms with Crippen LogP contribution in [-0.2, 0) is 11.2 Å². The maximum absolute atomic E-state index is 13.6. The largest absolute Gasteiger partial charge is 0.325 e. The molecule has 2 heterocycles. The van der Waals surface area contributed by atoms with Crippen molar-refractivity contribution >= 4 is 56.5 Å². The molecule has 0 saturated carbocycles. The molecule has 1 amide bonds. The maximum Gasteiger partial charge on any atom is 0.267 e. The zero-order chi connectivity index (χ0) is 23.5. The van der Waals surface area contributed by atoms with E-state index in [2.05, 4.69) is 12.2 Å². The van der Waals surface area contributed by atoms with Crippen molar-refractivity contribution in [2.24, 2.45) is 0 Å².